The fraction of sp³-hybridized carbons (Fsp3) is 0.167. The van der Waals surface area contributed by atoms with Gasteiger partial charge in [0, 0.05) is 12.4 Å². The van der Waals surface area contributed by atoms with E-state index in [4.69, 9.17) is 5.11 Å². The molecular weight excluding hydrogens is 354 g/mol. The van der Waals surface area contributed by atoms with Crippen molar-refractivity contribution in [3.63, 3.8) is 0 Å². The molecule has 2 N–H and O–H groups in total. The van der Waals surface area contributed by atoms with Crippen molar-refractivity contribution >= 4 is 23.1 Å². The molecule has 1 aromatic carbocycles. The molecule has 0 spiro atoms. The molecule has 3 rings (SSSR count). The fourth-order valence-corrected chi connectivity index (χ4v) is 3.90. The van der Waals surface area contributed by atoms with Crippen LogP contribution in [0.3, 0.4) is 0 Å². The zero-order valence-corrected chi connectivity index (χ0v) is 14.9. The van der Waals surface area contributed by atoms with Crippen LogP contribution in [0.4, 0.5) is 0 Å². The molecule has 2 aromatic heterocycles. The maximum Gasteiger partial charge on any atom is 0.270 e. The summed E-state index contributed by atoms with van der Waals surface area (Å²) >= 11 is 2.86. The number of aromatic amines is 1. The van der Waals surface area contributed by atoms with Crippen LogP contribution in [0.1, 0.15) is 16.7 Å². The van der Waals surface area contributed by atoms with Crippen LogP contribution in [0, 0.1) is 11.3 Å². The van der Waals surface area contributed by atoms with E-state index < -0.39 is 5.56 Å². The molecule has 0 amide bonds. The minimum Gasteiger partial charge on any atom is -0.396 e. The summed E-state index contributed by atoms with van der Waals surface area (Å²) in [5, 5.41) is 20.7. The number of benzene rings is 1. The number of hydrogen-bond acceptors (Lipinski definition) is 6. The highest BCUT2D eigenvalue weighted by Gasteiger charge is 2.14. The molecule has 0 aliphatic carbocycles. The highest BCUT2D eigenvalue weighted by molar-refractivity contribution is 7.98. The Morgan fingerprint density at radius 1 is 1.28 bits per heavy atom. The van der Waals surface area contributed by atoms with Gasteiger partial charge in [-0.1, -0.05) is 42.1 Å². The zero-order valence-electron chi connectivity index (χ0n) is 13.2. The van der Waals surface area contributed by atoms with E-state index in [1.54, 1.807) is 0 Å². The van der Waals surface area contributed by atoms with Gasteiger partial charge in [0.1, 0.15) is 17.3 Å². The lowest BCUT2D eigenvalue weighted by atomic mass is 10.1. The Balaban J connectivity index is 1.85. The van der Waals surface area contributed by atoms with E-state index in [1.165, 1.54) is 23.1 Å². The monoisotopic (exact) mass is 369 g/mol. The number of H-pyrrole nitrogens is 1. The molecule has 7 heteroatoms. The SMILES string of the molecule is N#Cc1c(-c2cccs2)nc(SCc2cccc(CCO)c2)[nH]c1=O. The topological polar surface area (TPSA) is 89.8 Å². The number of hydrogen-bond donors (Lipinski definition) is 2. The maximum atomic E-state index is 12.2. The second-order valence-electron chi connectivity index (χ2n) is 5.27. The van der Waals surface area contributed by atoms with Gasteiger partial charge in [0.2, 0.25) is 0 Å². The normalized spacial score (nSPS) is 10.6. The first-order valence-electron chi connectivity index (χ1n) is 7.61. The zero-order chi connectivity index (χ0) is 17.6. The lowest BCUT2D eigenvalue weighted by Gasteiger charge is -2.06. The standard InChI is InChI=1S/C18H15N3O2S2/c19-10-14-16(15-5-2-8-24-15)20-18(21-17(14)23)25-11-13-4-1-3-12(9-13)6-7-22/h1-5,8-9,22H,6-7,11H2,(H,20,21,23). The smallest absolute Gasteiger partial charge is 0.270 e. The molecule has 0 unspecified atom stereocenters. The summed E-state index contributed by atoms with van der Waals surface area (Å²) in [5.74, 6) is 0.637. The Hall–Kier alpha value is -2.40. The van der Waals surface area contributed by atoms with Crippen molar-refractivity contribution in [2.24, 2.45) is 0 Å². The highest BCUT2D eigenvalue weighted by Crippen LogP contribution is 2.27. The van der Waals surface area contributed by atoms with E-state index in [2.05, 4.69) is 9.97 Å². The summed E-state index contributed by atoms with van der Waals surface area (Å²) in [6.45, 7) is 0.116. The molecule has 0 fully saturated rings. The number of aliphatic hydroxyl groups excluding tert-OH is 1. The van der Waals surface area contributed by atoms with Crippen LogP contribution in [0.15, 0.2) is 51.7 Å². The van der Waals surface area contributed by atoms with Gasteiger partial charge in [-0.2, -0.15) is 5.26 Å². The molecule has 0 saturated carbocycles. The quantitative estimate of drug-likeness (QED) is 0.514. The number of aliphatic hydroxyl groups is 1. The van der Waals surface area contributed by atoms with Gasteiger partial charge < -0.3 is 10.1 Å². The molecule has 0 saturated heterocycles. The summed E-state index contributed by atoms with van der Waals surface area (Å²) in [6.07, 6.45) is 0.618. The van der Waals surface area contributed by atoms with E-state index in [9.17, 15) is 10.1 Å². The summed E-state index contributed by atoms with van der Waals surface area (Å²) < 4.78 is 0. The van der Waals surface area contributed by atoms with E-state index >= 15 is 0 Å². The first-order valence-corrected chi connectivity index (χ1v) is 9.47. The predicted octanol–water partition coefficient (Wildman–Crippen LogP) is 3.20. The molecule has 0 aliphatic rings. The number of nitrogens with one attached hydrogen (secondary N) is 1. The average molecular weight is 369 g/mol. The maximum absolute atomic E-state index is 12.2. The number of thiophene rings is 1. The number of nitriles is 1. The first-order chi connectivity index (χ1) is 12.2. The van der Waals surface area contributed by atoms with Crippen molar-refractivity contribution < 1.29 is 5.11 Å². The number of thioether (sulfide) groups is 1. The van der Waals surface area contributed by atoms with Crippen LogP contribution < -0.4 is 5.56 Å². The molecule has 2 heterocycles. The van der Waals surface area contributed by atoms with E-state index in [0.29, 0.717) is 23.0 Å². The van der Waals surface area contributed by atoms with Crippen molar-refractivity contribution in [3.05, 3.63) is 68.8 Å². The van der Waals surface area contributed by atoms with Crippen LogP contribution in [0.2, 0.25) is 0 Å². The number of aromatic nitrogens is 2. The van der Waals surface area contributed by atoms with E-state index in [1.807, 2.05) is 47.8 Å². The number of rotatable bonds is 6. The summed E-state index contributed by atoms with van der Waals surface area (Å²) in [7, 11) is 0. The lowest BCUT2D eigenvalue weighted by Crippen LogP contribution is -2.14. The first kappa shape index (κ1) is 17.4. The second-order valence-corrected chi connectivity index (χ2v) is 7.18. The average Bonchev–Trinajstić information content (AvgIpc) is 3.15. The van der Waals surface area contributed by atoms with Gasteiger partial charge in [-0.15, -0.1) is 11.3 Å². The Labute approximate surface area is 153 Å². The van der Waals surface area contributed by atoms with Gasteiger partial charge in [-0.05, 0) is 29.0 Å². The number of nitrogens with zero attached hydrogens (tertiary/aromatic N) is 2. The van der Waals surface area contributed by atoms with Gasteiger partial charge in [0.05, 0.1) is 4.88 Å². The van der Waals surface area contributed by atoms with Crippen molar-refractivity contribution in [1.29, 1.82) is 5.26 Å². The van der Waals surface area contributed by atoms with Gasteiger partial charge in [-0.3, -0.25) is 4.79 Å². The molecular formula is C18H15N3O2S2. The fourth-order valence-electron chi connectivity index (χ4n) is 2.37. The van der Waals surface area contributed by atoms with Crippen LogP contribution in [-0.2, 0) is 12.2 Å². The van der Waals surface area contributed by atoms with Crippen LogP contribution in [0.25, 0.3) is 10.6 Å². The lowest BCUT2D eigenvalue weighted by molar-refractivity contribution is 0.299. The molecule has 3 aromatic rings. The summed E-state index contributed by atoms with van der Waals surface area (Å²) in [4.78, 5) is 20.1. The minimum atomic E-state index is -0.419. The Morgan fingerprint density at radius 2 is 2.12 bits per heavy atom. The summed E-state index contributed by atoms with van der Waals surface area (Å²) in [6, 6.07) is 13.6. The van der Waals surface area contributed by atoms with Gasteiger partial charge >= 0.3 is 0 Å². The van der Waals surface area contributed by atoms with Crippen molar-refractivity contribution in [1.82, 2.24) is 9.97 Å². The summed E-state index contributed by atoms with van der Waals surface area (Å²) in [5.41, 5.74) is 2.20. The second kappa shape index (κ2) is 8.12. The highest BCUT2D eigenvalue weighted by atomic mass is 32.2. The van der Waals surface area contributed by atoms with Crippen LogP contribution >= 0.6 is 23.1 Å². The van der Waals surface area contributed by atoms with Crippen LogP contribution in [-0.4, -0.2) is 21.7 Å². The Kier molecular flexibility index (Phi) is 5.66. The van der Waals surface area contributed by atoms with Crippen molar-refractivity contribution in [3.8, 4) is 16.6 Å². The Bertz CT molecular complexity index is 959. The Morgan fingerprint density at radius 3 is 2.84 bits per heavy atom. The molecule has 5 nitrogen and oxygen atoms in total. The van der Waals surface area contributed by atoms with E-state index in [0.717, 1.165) is 16.0 Å². The predicted molar refractivity (Wildman–Crippen MR) is 99.7 cm³/mol. The molecule has 0 atom stereocenters. The van der Waals surface area contributed by atoms with Crippen LogP contribution in [0.5, 0.6) is 0 Å². The van der Waals surface area contributed by atoms with Gasteiger partial charge in [-0.25, -0.2) is 4.98 Å². The van der Waals surface area contributed by atoms with Gasteiger partial charge in [0.25, 0.3) is 5.56 Å². The third kappa shape index (κ3) is 4.17. The minimum absolute atomic E-state index is 0.0387. The van der Waals surface area contributed by atoms with Crippen molar-refractivity contribution in [2.45, 2.75) is 17.3 Å². The van der Waals surface area contributed by atoms with Crippen molar-refractivity contribution in [2.75, 3.05) is 6.61 Å². The largest absolute Gasteiger partial charge is 0.396 e. The molecule has 25 heavy (non-hydrogen) atoms. The molecule has 0 radical (unpaired) electrons. The van der Waals surface area contributed by atoms with E-state index in [-0.39, 0.29) is 12.2 Å². The molecule has 0 aliphatic heterocycles. The van der Waals surface area contributed by atoms with Gasteiger partial charge in [0.15, 0.2) is 5.16 Å². The third-order valence-electron chi connectivity index (χ3n) is 3.53. The molecule has 0 bridgehead atoms. The third-order valence-corrected chi connectivity index (χ3v) is 5.35. The molecule has 126 valence electrons.